The fourth-order valence-electron chi connectivity index (χ4n) is 4.47. The van der Waals surface area contributed by atoms with E-state index in [1.165, 1.54) is 12.0 Å². The fourth-order valence-corrected chi connectivity index (χ4v) is 4.47. The standard InChI is InChI=1S/C16H21FN2O.ClH/c1-20-16-12-4-2-3-11(12)14-13(17)6-5-10-9-18-7-8-19(16)15(10)14;/h5-6,11-12,16,18H,2-4,7-9H2,1H3;1H. The average molecular weight is 313 g/mol. The maximum absolute atomic E-state index is 14.5. The lowest BCUT2D eigenvalue weighted by molar-refractivity contribution is 0.0389. The molecule has 5 heteroatoms. The third-order valence-electron chi connectivity index (χ3n) is 5.23. The van der Waals surface area contributed by atoms with E-state index in [0.717, 1.165) is 43.7 Å². The molecule has 0 bridgehead atoms. The van der Waals surface area contributed by atoms with Gasteiger partial charge >= 0.3 is 0 Å². The van der Waals surface area contributed by atoms with E-state index in [1.54, 1.807) is 13.2 Å². The molecule has 1 aromatic carbocycles. The summed E-state index contributed by atoms with van der Waals surface area (Å²) in [5.41, 5.74) is 3.29. The molecular formula is C16H22ClFN2O. The van der Waals surface area contributed by atoms with E-state index < -0.39 is 0 Å². The number of hydrogen-bond donors (Lipinski definition) is 1. The summed E-state index contributed by atoms with van der Waals surface area (Å²) in [4.78, 5) is 2.31. The van der Waals surface area contributed by atoms with Crippen molar-refractivity contribution >= 4 is 18.1 Å². The van der Waals surface area contributed by atoms with Gasteiger partial charge in [-0.2, -0.15) is 0 Å². The normalized spacial score (nSPS) is 30.2. The monoisotopic (exact) mass is 312 g/mol. The number of nitrogens with one attached hydrogen (secondary N) is 1. The first-order chi connectivity index (χ1) is 9.81. The van der Waals surface area contributed by atoms with Gasteiger partial charge in [-0.25, -0.2) is 4.39 Å². The molecule has 1 aliphatic carbocycles. The largest absolute Gasteiger partial charge is 0.361 e. The average Bonchev–Trinajstić information content (AvgIpc) is 2.83. The zero-order valence-electron chi connectivity index (χ0n) is 12.3. The molecule has 2 heterocycles. The van der Waals surface area contributed by atoms with Gasteiger partial charge in [-0.3, -0.25) is 0 Å². The minimum absolute atomic E-state index is 0. The Balaban J connectivity index is 0.00000132. The Kier molecular flexibility index (Phi) is 4.12. The predicted molar refractivity (Wildman–Crippen MR) is 83.6 cm³/mol. The van der Waals surface area contributed by atoms with Gasteiger partial charge in [-0.15, -0.1) is 12.4 Å². The van der Waals surface area contributed by atoms with Crippen molar-refractivity contribution < 1.29 is 9.13 Å². The van der Waals surface area contributed by atoms with Crippen LogP contribution in [-0.4, -0.2) is 26.4 Å². The van der Waals surface area contributed by atoms with E-state index in [0.29, 0.717) is 11.8 Å². The van der Waals surface area contributed by atoms with Crippen LogP contribution in [0.25, 0.3) is 0 Å². The Morgan fingerprint density at radius 1 is 1.33 bits per heavy atom. The van der Waals surface area contributed by atoms with E-state index in [9.17, 15) is 4.39 Å². The van der Waals surface area contributed by atoms with Crippen LogP contribution in [0.1, 0.15) is 36.3 Å². The third kappa shape index (κ3) is 2.16. The van der Waals surface area contributed by atoms with Crippen LogP contribution in [0.2, 0.25) is 0 Å². The second kappa shape index (κ2) is 5.75. The summed E-state index contributed by atoms with van der Waals surface area (Å²) in [5.74, 6) is 0.752. The number of fused-ring (bicyclic) bond motifs is 2. The highest BCUT2D eigenvalue weighted by Crippen LogP contribution is 2.52. The van der Waals surface area contributed by atoms with Gasteiger partial charge in [-0.05, 0) is 30.4 Å². The lowest BCUT2D eigenvalue weighted by Gasteiger charge is -2.44. The quantitative estimate of drug-likeness (QED) is 0.862. The zero-order valence-corrected chi connectivity index (χ0v) is 13.1. The molecule has 0 aromatic heterocycles. The minimum Gasteiger partial charge on any atom is -0.361 e. The maximum Gasteiger partial charge on any atom is 0.133 e. The number of halogens is 2. The van der Waals surface area contributed by atoms with E-state index in [4.69, 9.17) is 4.74 Å². The zero-order chi connectivity index (χ0) is 13.7. The molecule has 1 fully saturated rings. The first kappa shape index (κ1) is 15.1. The molecule has 1 N–H and O–H groups in total. The van der Waals surface area contributed by atoms with Crippen molar-refractivity contribution in [3.05, 3.63) is 29.1 Å². The van der Waals surface area contributed by atoms with Crippen molar-refractivity contribution in [2.24, 2.45) is 5.92 Å². The molecule has 0 amide bonds. The molecule has 0 saturated heterocycles. The van der Waals surface area contributed by atoms with Gasteiger partial charge in [0.25, 0.3) is 0 Å². The predicted octanol–water partition coefficient (Wildman–Crippen LogP) is 3.03. The van der Waals surface area contributed by atoms with E-state index >= 15 is 0 Å². The van der Waals surface area contributed by atoms with E-state index in [2.05, 4.69) is 10.2 Å². The molecule has 0 radical (unpaired) electrons. The molecule has 3 unspecified atom stereocenters. The summed E-state index contributed by atoms with van der Waals surface area (Å²) < 4.78 is 20.3. The van der Waals surface area contributed by atoms with Crippen LogP contribution in [0.4, 0.5) is 10.1 Å². The van der Waals surface area contributed by atoms with Gasteiger partial charge in [0.2, 0.25) is 0 Å². The highest BCUT2D eigenvalue weighted by Gasteiger charge is 2.46. The Morgan fingerprint density at radius 3 is 3.00 bits per heavy atom. The van der Waals surface area contributed by atoms with Crippen LogP contribution in [0.5, 0.6) is 0 Å². The lowest BCUT2D eigenvalue weighted by atomic mass is 9.80. The fraction of sp³-hybridized carbons (Fsp3) is 0.625. The molecular weight excluding hydrogens is 291 g/mol. The summed E-state index contributed by atoms with van der Waals surface area (Å²) in [5, 5.41) is 3.43. The summed E-state index contributed by atoms with van der Waals surface area (Å²) in [6, 6.07) is 3.59. The molecule has 3 atom stereocenters. The van der Waals surface area contributed by atoms with Crippen molar-refractivity contribution in [3.8, 4) is 0 Å². The van der Waals surface area contributed by atoms with Crippen molar-refractivity contribution in [2.75, 3.05) is 25.1 Å². The number of methoxy groups -OCH3 is 1. The van der Waals surface area contributed by atoms with E-state index in [-0.39, 0.29) is 24.5 Å². The smallest absolute Gasteiger partial charge is 0.133 e. The Morgan fingerprint density at radius 2 is 2.19 bits per heavy atom. The van der Waals surface area contributed by atoms with Crippen LogP contribution in [-0.2, 0) is 11.3 Å². The van der Waals surface area contributed by atoms with Crippen molar-refractivity contribution in [3.63, 3.8) is 0 Å². The van der Waals surface area contributed by atoms with Crippen LogP contribution >= 0.6 is 12.4 Å². The van der Waals surface area contributed by atoms with Crippen LogP contribution in [0, 0.1) is 11.7 Å². The number of anilines is 1. The van der Waals surface area contributed by atoms with Crippen LogP contribution in [0.3, 0.4) is 0 Å². The van der Waals surface area contributed by atoms with Gasteiger partial charge < -0.3 is 15.0 Å². The topological polar surface area (TPSA) is 24.5 Å². The van der Waals surface area contributed by atoms with Gasteiger partial charge in [0, 0.05) is 43.9 Å². The third-order valence-corrected chi connectivity index (χ3v) is 5.23. The molecule has 1 saturated carbocycles. The molecule has 1 aromatic rings. The van der Waals surface area contributed by atoms with Gasteiger partial charge in [0.15, 0.2) is 0 Å². The Hall–Kier alpha value is -0.840. The first-order valence-corrected chi connectivity index (χ1v) is 7.62. The molecule has 4 rings (SSSR count). The Labute approximate surface area is 131 Å². The molecule has 0 spiro atoms. The second-order valence-electron chi connectivity index (χ2n) is 6.17. The minimum atomic E-state index is -0.0258. The number of ether oxygens (including phenoxy) is 1. The van der Waals surface area contributed by atoms with Crippen molar-refractivity contribution in [2.45, 2.75) is 38.0 Å². The molecule has 3 nitrogen and oxygen atoms in total. The first-order valence-electron chi connectivity index (χ1n) is 7.62. The summed E-state index contributed by atoms with van der Waals surface area (Å²) in [6.07, 6.45) is 3.54. The Bertz CT molecular complexity index is 539. The van der Waals surface area contributed by atoms with E-state index in [1.807, 2.05) is 6.07 Å². The SMILES string of the molecule is COC1C2CCCC2c2c(F)ccc3c2N1CCNC3.Cl. The highest BCUT2D eigenvalue weighted by molar-refractivity contribution is 5.85. The van der Waals surface area contributed by atoms with Crippen molar-refractivity contribution in [1.82, 2.24) is 5.32 Å². The molecule has 21 heavy (non-hydrogen) atoms. The van der Waals surface area contributed by atoms with Gasteiger partial charge in [-0.1, -0.05) is 12.5 Å². The highest BCUT2D eigenvalue weighted by atomic mass is 35.5. The van der Waals surface area contributed by atoms with Crippen LogP contribution < -0.4 is 10.2 Å². The lowest BCUT2D eigenvalue weighted by Crippen LogP contribution is -2.48. The number of nitrogens with zero attached hydrogens (tertiary/aromatic N) is 1. The summed E-state index contributed by atoms with van der Waals surface area (Å²) in [6.45, 7) is 2.64. The van der Waals surface area contributed by atoms with Crippen molar-refractivity contribution in [1.29, 1.82) is 0 Å². The second-order valence-corrected chi connectivity index (χ2v) is 6.17. The number of hydrogen-bond acceptors (Lipinski definition) is 3. The number of rotatable bonds is 1. The molecule has 116 valence electrons. The molecule has 2 aliphatic heterocycles. The summed E-state index contributed by atoms with van der Waals surface area (Å²) in [7, 11) is 1.79. The molecule has 3 aliphatic rings. The van der Waals surface area contributed by atoms with Gasteiger partial charge in [0.05, 0.1) is 0 Å². The summed E-state index contributed by atoms with van der Waals surface area (Å²) >= 11 is 0. The number of benzene rings is 1. The van der Waals surface area contributed by atoms with Crippen LogP contribution in [0.15, 0.2) is 12.1 Å². The maximum atomic E-state index is 14.5. The van der Waals surface area contributed by atoms with Gasteiger partial charge in [0.1, 0.15) is 12.0 Å².